The van der Waals surface area contributed by atoms with Crippen LogP contribution in [-0.2, 0) is 51.4 Å². The molecule has 4 atom stereocenters. The minimum absolute atomic E-state index is 0.00317. The highest BCUT2D eigenvalue weighted by Crippen LogP contribution is 2.21. The number of nitrogens with one attached hydrogen (secondary N) is 2. The maximum atomic E-state index is 14.5. The first-order valence-corrected chi connectivity index (χ1v) is 15.5. The molecule has 3 amide bonds. The van der Waals surface area contributed by atoms with Gasteiger partial charge in [-0.1, -0.05) is 97.1 Å². The third kappa shape index (κ3) is 8.49. The van der Waals surface area contributed by atoms with E-state index in [-0.39, 0.29) is 31.4 Å². The number of phenols is 1. The number of benzene rings is 4. The summed E-state index contributed by atoms with van der Waals surface area (Å²) in [6.45, 7) is 0.391. The van der Waals surface area contributed by atoms with Crippen molar-refractivity contribution in [1.82, 2.24) is 15.5 Å². The Kier molecular flexibility index (Phi) is 10.8. The molecule has 1 heterocycles. The number of carbonyl (C=O) groups is 4. The Morgan fingerprint density at radius 3 is 1.94 bits per heavy atom. The van der Waals surface area contributed by atoms with Crippen LogP contribution in [0.15, 0.2) is 109 Å². The first-order valence-electron chi connectivity index (χ1n) is 15.5. The fourth-order valence-corrected chi connectivity index (χ4v) is 5.82. The van der Waals surface area contributed by atoms with Crippen molar-refractivity contribution in [3.05, 3.63) is 137 Å². The molecule has 5 rings (SSSR count). The zero-order valence-corrected chi connectivity index (χ0v) is 25.8. The van der Waals surface area contributed by atoms with Crippen LogP contribution in [0.4, 0.5) is 0 Å². The van der Waals surface area contributed by atoms with Crippen LogP contribution < -0.4 is 16.4 Å². The van der Waals surface area contributed by atoms with Crippen LogP contribution in [0, 0.1) is 0 Å². The standard InChI is InChI=1S/C37H38N4O6/c38-30(19-26-15-17-29(42)18-16-26)35(44)41(36(45)31-22-27-13-7-8-14-28(27)23-39-31)33(21-25-11-5-2-6-12-25)34(43)40-32(37(46)47)20-24-9-3-1-4-10-24/h1-18,30-33,39,42H,19-23,38H2,(H,40,43)(H,46,47). The van der Waals surface area contributed by atoms with Crippen LogP contribution in [0.25, 0.3) is 0 Å². The van der Waals surface area contributed by atoms with E-state index in [9.17, 15) is 29.4 Å². The second-order valence-corrected chi connectivity index (χ2v) is 11.7. The van der Waals surface area contributed by atoms with E-state index in [1.54, 1.807) is 60.7 Å². The summed E-state index contributed by atoms with van der Waals surface area (Å²) in [5.41, 5.74) is 10.5. The largest absolute Gasteiger partial charge is 0.508 e. The highest BCUT2D eigenvalue weighted by Gasteiger charge is 2.41. The van der Waals surface area contributed by atoms with E-state index in [0.29, 0.717) is 23.2 Å². The number of aliphatic carboxylic acids is 1. The third-order valence-electron chi connectivity index (χ3n) is 8.35. The molecule has 0 radical (unpaired) electrons. The van der Waals surface area contributed by atoms with Gasteiger partial charge in [0.25, 0.3) is 0 Å². The molecule has 0 aromatic heterocycles. The molecular formula is C37H38N4O6. The minimum Gasteiger partial charge on any atom is -0.508 e. The molecule has 0 saturated heterocycles. The lowest BCUT2D eigenvalue weighted by Gasteiger charge is -2.36. The lowest BCUT2D eigenvalue weighted by molar-refractivity contribution is -0.154. The van der Waals surface area contributed by atoms with Gasteiger partial charge in [-0.15, -0.1) is 0 Å². The van der Waals surface area contributed by atoms with Crippen LogP contribution in [0.2, 0.25) is 0 Å². The topological polar surface area (TPSA) is 162 Å². The Balaban J connectivity index is 1.50. The molecule has 0 saturated carbocycles. The van der Waals surface area contributed by atoms with Gasteiger partial charge in [-0.2, -0.15) is 0 Å². The Morgan fingerprint density at radius 1 is 0.766 bits per heavy atom. The first kappa shape index (κ1) is 33.1. The normalized spacial score (nSPS) is 15.8. The van der Waals surface area contributed by atoms with E-state index in [2.05, 4.69) is 10.6 Å². The number of hydrogen-bond acceptors (Lipinski definition) is 7. The van der Waals surface area contributed by atoms with Crippen molar-refractivity contribution in [1.29, 1.82) is 0 Å². The monoisotopic (exact) mass is 634 g/mol. The number of rotatable bonds is 12. The van der Waals surface area contributed by atoms with Crippen molar-refractivity contribution in [3.63, 3.8) is 0 Å². The molecule has 47 heavy (non-hydrogen) atoms. The summed E-state index contributed by atoms with van der Waals surface area (Å²) in [7, 11) is 0. The number of carboxylic acid groups (broad SMARTS) is 1. The molecule has 1 aliphatic rings. The Hall–Kier alpha value is -5.32. The summed E-state index contributed by atoms with van der Waals surface area (Å²) in [5.74, 6) is -3.38. The summed E-state index contributed by atoms with van der Waals surface area (Å²) in [6, 6.07) is 26.9. The molecule has 10 nitrogen and oxygen atoms in total. The molecule has 0 bridgehead atoms. The highest BCUT2D eigenvalue weighted by molar-refractivity contribution is 6.04. The van der Waals surface area contributed by atoms with Crippen LogP contribution >= 0.6 is 0 Å². The zero-order chi connectivity index (χ0) is 33.3. The molecule has 1 aliphatic heterocycles. The average molecular weight is 635 g/mol. The van der Waals surface area contributed by atoms with E-state index >= 15 is 0 Å². The number of carbonyl (C=O) groups excluding carboxylic acids is 3. The quantitative estimate of drug-likeness (QED) is 0.159. The molecule has 6 N–H and O–H groups in total. The maximum Gasteiger partial charge on any atom is 0.326 e. The number of nitrogens with zero attached hydrogens (tertiary/aromatic N) is 1. The predicted molar refractivity (Wildman–Crippen MR) is 176 cm³/mol. The lowest BCUT2D eigenvalue weighted by Crippen LogP contribution is -2.63. The Bertz CT molecular complexity index is 1700. The van der Waals surface area contributed by atoms with Gasteiger partial charge in [-0.3, -0.25) is 19.3 Å². The summed E-state index contributed by atoms with van der Waals surface area (Å²) in [6.07, 6.45) is 0.271. The van der Waals surface area contributed by atoms with Gasteiger partial charge in [-0.25, -0.2) is 4.79 Å². The highest BCUT2D eigenvalue weighted by atomic mass is 16.4. The van der Waals surface area contributed by atoms with Crippen molar-refractivity contribution < 1.29 is 29.4 Å². The van der Waals surface area contributed by atoms with Gasteiger partial charge in [-0.05, 0) is 52.8 Å². The lowest BCUT2D eigenvalue weighted by atomic mass is 9.93. The van der Waals surface area contributed by atoms with Gasteiger partial charge in [0.05, 0.1) is 12.1 Å². The second-order valence-electron chi connectivity index (χ2n) is 11.7. The summed E-state index contributed by atoms with van der Waals surface area (Å²) in [5, 5.41) is 25.6. The van der Waals surface area contributed by atoms with E-state index in [0.717, 1.165) is 16.0 Å². The van der Waals surface area contributed by atoms with Gasteiger partial charge in [0.1, 0.15) is 17.8 Å². The summed E-state index contributed by atoms with van der Waals surface area (Å²) >= 11 is 0. The average Bonchev–Trinajstić information content (AvgIpc) is 3.09. The molecular weight excluding hydrogens is 596 g/mol. The fraction of sp³-hybridized carbons (Fsp3) is 0.243. The fourth-order valence-electron chi connectivity index (χ4n) is 5.82. The maximum absolute atomic E-state index is 14.5. The summed E-state index contributed by atoms with van der Waals surface area (Å²) < 4.78 is 0. The number of fused-ring (bicyclic) bond motifs is 1. The molecule has 10 heteroatoms. The predicted octanol–water partition coefficient (Wildman–Crippen LogP) is 2.76. The molecule has 4 aromatic rings. The number of imide groups is 1. The molecule has 242 valence electrons. The van der Waals surface area contributed by atoms with Gasteiger partial charge in [0, 0.05) is 19.4 Å². The molecule has 0 aliphatic carbocycles. The minimum atomic E-state index is -1.40. The number of phenolic OH excluding ortho intramolecular Hbond substituents is 1. The van der Waals surface area contributed by atoms with Gasteiger partial charge in [0.15, 0.2) is 0 Å². The molecule has 4 aromatic carbocycles. The van der Waals surface area contributed by atoms with Crippen LogP contribution in [0.5, 0.6) is 5.75 Å². The zero-order valence-electron chi connectivity index (χ0n) is 25.8. The van der Waals surface area contributed by atoms with Gasteiger partial charge in [0.2, 0.25) is 17.7 Å². The van der Waals surface area contributed by atoms with Crippen LogP contribution in [-0.4, -0.2) is 63.0 Å². The van der Waals surface area contributed by atoms with Crippen molar-refractivity contribution in [2.24, 2.45) is 5.73 Å². The van der Waals surface area contributed by atoms with E-state index in [1.807, 2.05) is 36.4 Å². The van der Waals surface area contributed by atoms with E-state index in [4.69, 9.17) is 5.73 Å². The van der Waals surface area contributed by atoms with Gasteiger partial charge < -0.3 is 26.6 Å². The van der Waals surface area contributed by atoms with Crippen LogP contribution in [0.3, 0.4) is 0 Å². The first-order chi connectivity index (χ1) is 22.7. The van der Waals surface area contributed by atoms with E-state index in [1.165, 1.54) is 12.1 Å². The van der Waals surface area contributed by atoms with E-state index < -0.39 is 47.9 Å². The van der Waals surface area contributed by atoms with Gasteiger partial charge >= 0.3 is 5.97 Å². The molecule has 0 spiro atoms. The van der Waals surface area contributed by atoms with Crippen molar-refractivity contribution in [2.75, 3.05) is 0 Å². The number of carboxylic acids is 1. The number of hydrogen-bond donors (Lipinski definition) is 5. The molecule has 4 unspecified atom stereocenters. The Labute approximate surface area is 273 Å². The Morgan fingerprint density at radius 2 is 1.32 bits per heavy atom. The van der Waals surface area contributed by atoms with Crippen LogP contribution in [0.1, 0.15) is 27.8 Å². The third-order valence-corrected chi connectivity index (χ3v) is 8.35. The number of nitrogens with two attached hydrogens (primary N) is 1. The smallest absolute Gasteiger partial charge is 0.326 e. The summed E-state index contributed by atoms with van der Waals surface area (Å²) in [4.78, 5) is 56.2. The van der Waals surface area contributed by atoms with Crippen molar-refractivity contribution >= 4 is 23.7 Å². The SMILES string of the molecule is NC(Cc1ccc(O)cc1)C(=O)N(C(=O)C1Cc2ccccc2CN1)C(Cc1ccccc1)C(=O)NC(Cc1ccccc1)C(=O)O. The number of amides is 3. The van der Waals surface area contributed by atoms with Crippen molar-refractivity contribution in [3.8, 4) is 5.75 Å². The second kappa shape index (κ2) is 15.3. The molecule has 0 fully saturated rings. The van der Waals surface area contributed by atoms with Crippen molar-refractivity contribution in [2.45, 2.75) is 56.4 Å². The number of aromatic hydroxyl groups is 1.